The van der Waals surface area contributed by atoms with Crippen LogP contribution in [0.3, 0.4) is 0 Å². The number of rotatable bonds is 4. The molecule has 0 spiro atoms. The minimum Gasteiger partial charge on any atom is -0.364 e. The van der Waals surface area contributed by atoms with Crippen molar-refractivity contribution in [3.05, 3.63) is 22.7 Å². The van der Waals surface area contributed by atoms with Crippen LogP contribution in [0.25, 0.3) is 0 Å². The lowest BCUT2D eigenvalue weighted by molar-refractivity contribution is 0.547. The standard InChI is InChI=1S/C11H18N4O/c1-11(2,12)7-14-9-10(16)15(6-5-13-9)8-3-4-8/h5-6,8H,3-4,7,12H2,1-2H3,(H,13,14). The van der Waals surface area contributed by atoms with Crippen molar-refractivity contribution in [1.82, 2.24) is 9.55 Å². The van der Waals surface area contributed by atoms with Gasteiger partial charge in [0, 0.05) is 30.5 Å². The van der Waals surface area contributed by atoms with E-state index >= 15 is 0 Å². The summed E-state index contributed by atoms with van der Waals surface area (Å²) in [6, 6.07) is 0.377. The van der Waals surface area contributed by atoms with Crippen molar-refractivity contribution in [3.63, 3.8) is 0 Å². The highest BCUT2D eigenvalue weighted by molar-refractivity contribution is 5.31. The number of anilines is 1. The van der Waals surface area contributed by atoms with Crippen LogP contribution in [-0.2, 0) is 0 Å². The van der Waals surface area contributed by atoms with Gasteiger partial charge in [-0.2, -0.15) is 0 Å². The second kappa shape index (κ2) is 3.90. The Labute approximate surface area is 94.7 Å². The van der Waals surface area contributed by atoms with E-state index in [2.05, 4.69) is 10.3 Å². The first kappa shape index (κ1) is 11.1. The first-order chi connectivity index (χ1) is 7.47. The SMILES string of the molecule is CC(C)(N)CNc1nccn(C2CC2)c1=O. The topological polar surface area (TPSA) is 72.9 Å². The van der Waals surface area contributed by atoms with Gasteiger partial charge in [0.25, 0.3) is 5.56 Å². The molecule has 5 nitrogen and oxygen atoms in total. The highest BCUT2D eigenvalue weighted by atomic mass is 16.1. The molecule has 1 saturated carbocycles. The highest BCUT2D eigenvalue weighted by Gasteiger charge is 2.25. The van der Waals surface area contributed by atoms with E-state index in [1.54, 1.807) is 17.0 Å². The molecule has 2 rings (SSSR count). The van der Waals surface area contributed by atoms with E-state index in [4.69, 9.17) is 5.73 Å². The number of hydrogen-bond donors (Lipinski definition) is 2. The van der Waals surface area contributed by atoms with E-state index in [1.165, 1.54) is 0 Å². The fourth-order valence-electron chi connectivity index (χ4n) is 1.50. The fraction of sp³-hybridized carbons (Fsp3) is 0.636. The molecule has 0 unspecified atom stereocenters. The summed E-state index contributed by atoms with van der Waals surface area (Å²) in [5.74, 6) is 0.396. The summed E-state index contributed by atoms with van der Waals surface area (Å²) in [7, 11) is 0. The zero-order chi connectivity index (χ0) is 11.8. The van der Waals surface area contributed by atoms with Gasteiger partial charge in [0.15, 0.2) is 5.82 Å². The minimum absolute atomic E-state index is 0.0470. The second-order valence-corrected chi connectivity index (χ2v) is 5.06. The Bertz CT molecular complexity index is 428. The maximum atomic E-state index is 12.0. The third-order valence-corrected chi connectivity index (χ3v) is 2.52. The molecule has 1 aromatic heterocycles. The largest absolute Gasteiger partial charge is 0.364 e. The third kappa shape index (κ3) is 2.61. The second-order valence-electron chi connectivity index (χ2n) is 5.06. The molecule has 88 valence electrons. The fourth-order valence-corrected chi connectivity index (χ4v) is 1.50. The first-order valence-corrected chi connectivity index (χ1v) is 5.57. The molecule has 0 atom stereocenters. The van der Waals surface area contributed by atoms with Crippen LogP contribution in [0, 0.1) is 0 Å². The molecular weight excluding hydrogens is 204 g/mol. The summed E-state index contributed by atoms with van der Waals surface area (Å²) in [6.45, 7) is 4.34. The van der Waals surface area contributed by atoms with Gasteiger partial charge in [0.1, 0.15) is 0 Å². The molecule has 0 bridgehead atoms. The van der Waals surface area contributed by atoms with E-state index < -0.39 is 0 Å². The molecule has 1 aromatic rings. The molecule has 5 heteroatoms. The van der Waals surface area contributed by atoms with Crippen molar-refractivity contribution < 1.29 is 0 Å². The molecule has 1 fully saturated rings. The smallest absolute Gasteiger partial charge is 0.293 e. The molecule has 1 aliphatic carbocycles. The monoisotopic (exact) mass is 222 g/mol. The summed E-state index contributed by atoms with van der Waals surface area (Å²) in [4.78, 5) is 16.0. The number of hydrogen-bond acceptors (Lipinski definition) is 4. The van der Waals surface area contributed by atoms with Crippen LogP contribution in [0.5, 0.6) is 0 Å². The number of aromatic nitrogens is 2. The van der Waals surface area contributed by atoms with E-state index in [1.807, 2.05) is 13.8 Å². The van der Waals surface area contributed by atoms with E-state index in [-0.39, 0.29) is 11.1 Å². The molecule has 0 aromatic carbocycles. The maximum Gasteiger partial charge on any atom is 0.293 e. The zero-order valence-corrected chi connectivity index (χ0v) is 9.73. The van der Waals surface area contributed by atoms with Crippen molar-refractivity contribution in [2.75, 3.05) is 11.9 Å². The van der Waals surface area contributed by atoms with Gasteiger partial charge in [-0.25, -0.2) is 4.98 Å². The van der Waals surface area contributed by atoms with Gasteiger partial charge in [-0.05, 0) is 26.7 Å². The predicted molar refractivity (Wildman–Crippen MR) is 63.5 cm³/mol. The zero-order valence-electron chi connectivity index (χ0n) is 9.73. The van der Waals surface area contributed by atoms with Crippen LogP contribution < -0.4 is 16.6 Å². The first-order valence-electron chi connectivity index (χ1n) is 5.57. The Morgan fingerprint density at radius 2 is 2.31 bits per heavy atom. The Hall–Kier alpha value is -1.36. The normalized spacial score (nSPS) is 16.2. The summed E-state index contributed by atoms with van der Waals surface area (Å²) in [5.41, 5.74) is 5.44. The van der Waals surface area contributed by atoms with Crippen molar-refractivity contribution in [2.24, 2.45) is 5.73 Å². The maximum absolute atomic E-state index is 12.0. The van der Waals surface area contributed by atoms with Crippen LogP contribution in [0.15, 0.2) is 17.2 Å². The summed E-state index contributed by atoms with van der Waals surface area (Å²) < 4.78 is 1.75. The van der Waals surface area contributed by atoms with Crippen molar-refractivity contribution in [3.8, 4) is 0 Å². The molecule has 16 heavy (non-hydrogen) atoms. The molecule has 0 radical (unpaired) electrons. The quantitative estimate of drug-likeness (QED) is 0.787. The van der Waals surface area contributed by atoms with Gasteiger partial charge in [0.2, 0.25) is 0 Å². The predicted octanol–water partition coefficient (Wildman–Crippen LogP) is 0.727. The van der Waals surface area contributed by atoms with Gasteiger partial charge < -0.3 is 15.6 Å². The molecule has 1 heterocycles. The summed E-state index contributed by atoms with van der Waals surface area (Å²) in [6.07, 6.45) is 5.59. The number of nitrogens with one attached hydrogen (secondary N) is 1. The van der Waals surface area contributed by atoms with Crippen LogP contribution in [-0.4, -0.2) is 21.6 Å². The average Bonchev–Trinajstić information content (AvgIpc) is 2.98. The average molecular weight is 222 g/mol. The van der Waals surface area contributed by atoms with Crippen molar-refractivity contribution >= 4 is 5.82 Å². The molecule has 0 aliphatic heterocycles. The van der Waals surface area contributed by atoms with Crippen LogP contribution in [0.1, 0.15) is 32.7 Å². The van der Waals surface area contributed by atoms with E-state index in [9.17, 15) is 4.79 Å². The lowest BCUT2D eigenvalue weighted by Crippen LogP contribution is -2.41. The van der Waals surface area contributed by atoms with Gasteiger partial charge in [-0.15, -0.1) is 0 Å². The number of nitrogens with two attached hydrogens (primary N) is 1. The minimum atomic E-state index is -0.353. The summed E-state index contributed by atoms with van der Waals surface area (Å²) in [5, 5.41) is 3.01. The van der Waals surface area contributed by atoms with Crippen LogP contribution in [0.2, 0.25) is 0 Å². The van der Waals surface area contributed by atoms with Crippen molar-refractivity contribution in [1.29, 1.82) is 0 Å². The van der Waals surface area contributed by atoms with Gasteiger partial charge in [-0.1, -0.05) is 0 Å². The molecule has 3 N–H and O–H groups in total. The molecule has 0 amide bonds. The highest BCUT2D eigenvalue weighted by Crippen LogP contribution is 2.33. The Morgan fingerprint density at radius 3 is 2.88 bits per heavy atom. The molecule has 0 saturated heterocycles. The molecular formula is C11H18N4O. The van der Waals surface area contributed by atoms with Crippen LogP contribution >= 0.6 is 0 Å². The van der Waals surface area contributed by atoms with E-state index in [0.717, 1.165) is 12.8 Å². The van der Waals surface area contributed by atoms with Crippen molar-refractivity contribution in [2.45, 2.75) is 38.3 Å². The van der Waals surface area contributed by atoms with Gasteiger partial charge in [-0.3, -0.25) is 4.79 Å². The number of nitrogens with zero attached hydrogens (tertiary/aromatic N) is 2. The lowest BCUT2D eigenvalue weighted by atomic mass is 10.1. The Kier molecular flexibility index (Phi) is 2.71. The summed E-state index contributed by atoms with van der Waals surface area (Å²) >= 11 is 0. The van der Waals surface area contributed by atoms with Crippen LogP contribution in [0.4, 0.5) is 5.82 Å². The van der Waals surface area contributed by atoms with Gasteiger partial charge in [0.05, 0.1) is 0 Å². The van der Waals surface area contributed by atoms with Gasteiger partial charge >= 0.3 is 0 Å². The Morgan fingerprint density at radius 1 is 1.62 bits per heavy atom. The lowest BCUT2D eigenvalue weighted by Gasteiger charge is -2.19. The Balaban J connectivity index is 2.15. The molecule has 1 aliphatic rings. The third-order valence-electron chi connectivity index (χ3n) is 2.52. The van der Waals surface area contributed by atoms with E-state index in [0.29, 0.717) is 18.4 Å².